The Kier molecular flexibility index (Phi) is 8.38. The third-order valence-corrected chi connectivity index (χ3v) is 6.10. The summed E-state index contributed by atoms with van der Waals surface area (Å²) in [4.78, 5) is 15.2. The van der Waals surface area contributed by atoms with Crippen LogP contribution in [-0.4, -0.2) is 42.6 Å². The van der Waals surface area contributed by atoms with E-state index < -0.39 is 0 Å². The molecular weight excluding hydrogens is 385 g/mol. The van der Waals surface area contributed by atoms with Gasteiger partial charge in [-0.15, -0.1) is 24.8 Å². The number of rotatable bonds is 5. The van der Waals surface area contributed by atoms with E-state index in [0.29, 0.717) is 13.0 Å². The van der Waals surface area contributed by atoms with Crippen molar-refractivity contribution in [3.8, 4) is 0 Å². The van der Waals surface area contributed by atoms with Crippen LogP contribution in [-0.2, 0) is 29.2 Å². The van der Waals surface area contributed by atoms with Gasteiger partial charge in [-0.1, -0.05) is 31.0 Å². The summed E-state index contributed by atoms with van der Waals surface area (Å²) >= 11 is 0. The molecule has 2 N–H and O–H groups in total. The summed E-state index contributed by atoms with van der Waals surface area (Å²) < 4.78 is 5.50. The first-order valence-corrected chi connectivity index (χ1v) is 9.66. The highest BCUT2D eigenvalue weighted by Crippen LogP contribution is 2.38. The highest BCUT2D eigenvalue weighted by Gasteiger charge is 2.41. The number of amides is 1. The number of hydrogen-bond acceptors (Lipinski definition) is 4. The number of fused-ring (bicyclic) bond motifs is 1. The highest BCUT2D eigenvalue weighted by molar-refractivity contribution is 5.85. The van der Waals surface area contributed by atoms with E-state index in [9.17, 15) is 4.79 Å². The Morgan fingerprint density at radius 3 is 2.56 bits per heavy atom. The molecule has 4 rings (SSSR count). The van der Waals surface area contributed by atoms with Gasteiger partial charge in [-0.25, -0.2) is 0 Å². The molecular formula is C20H31Cl2N3O2. The maximum atomic E-state index is 12.7. The van der Waals surface area contributed by atoms with Crippen LogP contribution in [0.15, 0.2) is 18.2 Å². The maximum absolute atomic E-state index is 12.7. The molecule has 1 aromatic carbocycles. The van der Waals surface area contributed by atoms with Crippen molar-refractivity contribution in [2.45, 2.75) is 57.3 Å². The molecule has 27 heavy (non-hydrogen) atoms. The number of ether oxygens (including phenoxy) is 1. The van der Waals surface area contributed by atoms with Crippen molar-refractivity contribution < 1.29 is 9.53 Å². The van der Waals surface area contributed by atoms with E-state index in [4.69, 9.17) is 4.74 Å². The van der Waals surface area contributed by atoms with Crippen molar-refractivity contribution in [3.05, 3.63) is 34.9 Å². The number of benzene rings is 1. The monoisotopic (exact) mass is 415 g/mol. The number of hydrogen-bond donors (Lipinski definition) is 2. The largest absolute Gasteiger partial charge is 0.379 e. The molecule has 2 aliphatic heterocycles. The first-order chi connectivity index (χ1) is 12.3. The molecule has 1 aromatic rings. The zero-order chi connectivity index (χ0) is 17.1. The van der Waals surface area contributed by atoms with Crippen LogP contribution in [0.1, 0.15) is 48.8 Å². The van der Waals surface area contributed by atoms with Crippen LogP contribution in [0, 0.1) is 0 Å². The molecule has 1 amide bonds. The number of nitrogens with zero attached hydrogens (tertiary/aromatic N) is 1. The molecule has 0 aromatic heterocycles. The fourth-order valence-corrected chi connectivity index (χ4v) is 4.70. The van der Waals surface area contributed by atoms with Crippen LogP contribution in [0.3, 0.4) is 0 Å². The van der Waals surface area contributed by atoms with Crippen LogP contribution in [0.25, 0.3) is 0 Å². The lowest BCUT2D eigenvalue weighted by molar-refractivity contribution is -0.125. The minimum absolute atomic E-state index is 0. The zero-order valence-electron chi connectivity index (χ0n) is 15.8. The van der Waals surface area contributed by atoms with Gasteiger partial charge in [0.1, 0.15) is 0 Å². The number of morpholine rings is 1. The van der Waals surface area contributed by atoms with Crippen molar-refractivity contribution in [2.75, 3.05) is 26.3 Å². The van der Waals surface area contributed by atoms with E-state index in [0.717, 1.165) is 52.2 Å². The van der Waals surface area contributed by atoms with Crippen LogP contribution in [0.2, 0.25) is 0 Å². The van der Waals surface area contributed by atoms with Crippen LogP contribution in [0.4, 0.5) is 0 Å². The van der Waals surface area contributed by atoms with Gasteiger partial charge < -0.3 is 15.4 Å². The van der Waals surface area contributed by atoms with E-state index in [2.05, 4.69) is 33.7 Å². The molecule has 1 saturated heterocycles. The fourth-order valence-electron chi connectivity index (χ4n) is 4.70. The molecule has 0 spiro atoms. The second-order valence-electron chi connectivity index (χ2n) is 7.69. The van der Waals surface area contributed by atoms with Gasteiger partial charge in [0.2, 0.25) is 5.91 Å². The summed E-state index contributed by atoms with van der Waals surface area (Å²) in [5, 5.41) is 6.53. The number of halogens is 2. The lowest BCUT2D eigenvalue weighted by Gasteiger charge is -2.43. The number of carbonyl (C=O) groups excluding carboxylic acids is 1. The third-order valence-electron chi connectivity index (χ3n) is 6.10. The molecule has 0 unspecified atom stereocenters. The topological polar surface area (TPSA) is 53.6 Å². The van der Waals surface area contributed by atoms with E-state index in [1.807, 2.05) is 0 Å². The van der Waals surface area contributed by atoms with Crippen LogP contribution >= 0.6 is 24.8 Å². The smallest absolute Gasteiger partial charge is 0.222 e. The first kappa shape index (κ1) is 22.4. The first-order valence-electron chi connectivity index (χ1n) is 9.66. The summed E-state index contributed by atoms with van der Waals surface area (Å²) in [5.74, 6) is 0.187. The second-order valence-corrected chi connectivity index (χ2v) is 7.69. The van der Waals surface area contributed by atoms with Crippen molar-refractivity contribution in [1.82, 2.24) is 15.5 Å². The van der Waals surface area contributed by atoms with Crippen molar-refractivity contribution >= 4 is 30.7 Å². The van der Waals surface area contributed by atoms with Gasteiger partial charge in [-0.2, -0.15) is 0 Å². The Bertz CT molecular complexity index is 630. The average Bonchev–Trinajstić information content (AvgIpc) is 3.30. The Morgan fingerprint density at radius 1 is 1.11 bits per heavy atom. The fraction of sp³-hybridized carbons (Fsp3) is 0.650. The molecule has 1 aliphatic carbocycles. The normalized spacial score (nSPS) is 21.0. The van der Waals surface area contributed by atoms with Gasteiger partial charge in [0, 0.05) is 44.7 Å². The number of carbonyl (C=O) groups is 1. The van der Waals surface area contributed by atoms with E-state index in [1.54, 1.807) is 0 Å². The minimum atomic E-state index is 0. The molecule has 2 heterocycles. The molecule has 2 fully saturated rings. The molecule has 0 bridgehead atoms. The maximum Gasteiger partial charge on any atom is 0.222 e. The lowest BCUT2D eigenvalue weighted by Crippen LogP contribution is -2.53. The number of nitrogens with one attached hydrogen (secondary N) is 2. The van der Waals surface area contributed by atoms with Gasteiger partial charge >= 0.3 is 0 Å². The summed E-state index contributed by atoms with van der Waals surface area (Å²) in [5.41, 5.74) is 4.01. The summed E-state index contributed by atoms with van der Waals surface area (Å²) in [6, 6.07) is 6.55. The van der Waals surface area contributed by atoms with Crippen LogP contribution in [0.5, 0.6) is 0 Å². The second kappa shape index (κ2) is 10.1. The van der Waals surface area contributed by atoms with Gasteiger partial charge in [-0.3, -0.25) is 9.69 Å². The zero-order valence-corrected chi connectivity index (χ0v) is 17.4. The third kappa shape index (κ3) is 5.15. The lowest BCUT2D eigenvalue weighted by atomic mass is 9.90. The molecule has 3 aliphatic rings. The Balaban J connectivity index is 0.00000131. The van der Waals surface area contributed by atoms with E-state index in [1.165, 1.54) is 29.5 Å². The van der Waals surface area contributed by atoms with Crippen LogP contribution < -0.4 is 10.6 Å². The molecule has 1 saturated carbocycles. The summed E-state index contributed by atoms with van der Waals surface area (Å²) in [6.45, 7) is 6.06. The SMILES string of the molecule is Cl.Cl.O=C(CC1(N2CCOCC2)CCCC1)NCc1ccc2c(c1)CNC2. The molecule has 7 heteroatoms. The predicted molar refractivity (Wildman–Crippen MR) is 112 cm³/mol. The van der Waals surface area contributed by atoms with Crippen molar-refractivity contribution in [2.24, 2.45) is 0 Å². The van der Waals surface area contributed by atoms with Gasteiger partial charge in [0.15, 0.2) is 0 Å². The Morgan fingerprint density at radius 2 is 1.81 bits per heavy atom. The van der Waals surface area contributed by atoms with Gasteiger partial charge in [0.25, 0.3) is 0 Å². The highest BCUT2D eigenvalue weighted by atomic mass is 35.5. The van der Waals surface area contributed by atoms with Gasteiger partial charge in [-0.05, 0) is 29.5 Å². The summed E-state index contributed by atoms with van der Waals surface area (Å²) in [6.07, 6.45) is 5.39. The van der Waals surface area contributed by atoms with Crippen molar-refractivity contribution in [3.63, 3.8) is 0 Å². The quantitative estimate of drug-likeness (QED) is 0.775. The average molecular weight is 416 g/mol. The van der Waals surface area contributed by atoms with Crippen molar-refractivity contribution in [1.29, 1.82) is 0 Å². The molecule has 0 radical (unpaired) electrons. The molecule has 152 valence electrons. The standard InChI is InChI=1S/C20H29N3O2.2ClH/c24-19(22-13-16-3-4-17-14-21-15-18(17)11-16)12-20(5-1-2-6-20)23-7-9-25-10-8-23;;/h3-4,11,21H,1-2,5-10,12-15H2,(H,22,24);2*1H. The van der Waals surface area contributed by atoms with Gasteiger partial charge in [0.05, 0.1) is 13.2 Å². The van der Waals surface area contributed by atoms with E-state index in [-0.39, 0.29) is 36.3 Å². The minimum Gasteiger partial charge on any atom is -0.379 e. The Hall–Kier alpha value is -0.850. The Labute approximate surface area is 174 Å². The molecule has 0 atom stereocenters. The summed E-state index contributed by atoms with van der Waals surface area (Å²) in [7, 11) is 0. The van der Waals surface area contributed by atoms with E-state index >= 15 is 0 Å². The predicted octanol–water partition coefficient (Wildman–Crippen LogP) is 2.78. The molecule has 5 nitrogen and oxygen atoms in total.